The van der Waals surface area contributed by atoms with Gasteiger partial charge < -0.3 is 4.74 Å². The lowest BCUT2D eigenvalue weighted by molar-refractivity contribution is 0.418. The Bertz CT molecular complexity index is 579. The van der Waals surface area contributed by atoms with E-state index in [1.165, 1.54) is 13.4 Å². The highest BCUT2D eigenvalue weighted by molar-refractivity contribution is 9.10. The number of halogens is 4. The molecular weight excluding hydrogens is 322 g/mol. The molecule has 0 aliphatic heterocycles. The number of fused-ring (bicyclic) bond motifs is 1. The van der Waals surface area contributed by atoms with E-state index in [-0.39, 0.29) is 31.3 Å². The van der Waals surface area contributed by atoms with Crippen LogP contribution in [0.15, 0.2) is 10.8 Å². The first-order valence-corrected chi connectivity index (χ1v) is 5.63. The second-order valence-electron chi connectivity index (χ2n) is 2.86. The molecule has 2 rings (SSSR count). The first-order valence-electron chi connectivity index (χ1n) is 4.08. The maximum Gasteiger partial charge on any atom is 0.165 e. The molecular formula is C9H4BrCl2FN2O. The van der Waals surface area contributed by atoms with E-state index in [2.05, 4.69) is 25.9 Å². The van der Waals surface area contributed by atoms with Gasteiger partial charge in [-0.05, 0) is 15.9 Å². The van der Waals surface area contributed by atoms with Crippen molar-refractivity contribution in [2.45, 2.75) is 0 Å². The lowest BCUT2D eigenvalue weighted by Gasteiger charge is -2.10. The van der Waals surface area contributed by atoms with Gasteiger partial charge >= 0.3 is 0 Å². The highest BCUT2D eigenvalue weighted by atomic mass is 79.9. The number of benzene rings is 1. The van der Waals surface area contributed by atoms with Gasteiger partial charge in [0, 0.05) is 0 Å². The number of methoxy groups -OCH3 is 1. The number of nitrogens with zero attached hydrogens (tertiary/aromatic N) is 2. The fraction of sp³-hybridized carbons (Fsp3) is 0.111. The Morgan fingerprint density at radius 1 is 1.38 bits per heavy atom. The number of aromatic nitrogens is 2. The minimum absolute atomic E-state index is 0.0631. The smallest absolute Gasteiger partial charge is 0.165 e. The summed E-state index contributed by atoms with van der Waals surface area (Å²) in [6, 6.07) is 0. The van der Waals surface area contributed by atoms with Gasteiger partial charge in [-0.25, -0.2) is 14.4 Å². The minimum atomic E-state index is -0.592. The monoisotopic (exact) mass is 324 g/mol. The van der Waals surface area contributed by atoms with Crippen LogP contribution in [0.4, 0.5) is 4.39 Å². The van der Waals surface area contributed by atoms with Gasteiger partial charge in [-0.15, -0.1) is 0 Å². The number of ether oxygens (including phenoxy) is 1. The molecule has 1 aromatic carbocycles. The molecule has 0 amide bonds. The van der Waals surface area contributed by atoms with E-state index in [1.807, 2.05) is 0 Å². The minimum Gasteiger partial charge on any atom is -0.494 e. The second kappa shape index (κ2) is 4.31. The van der Waals surface area contributed by atoms with Crippen LogP contribution in [0, 0.1) is 5.82 Å². The second-order valence-corrected chi connectivity index (χ2v) is 4.39. The van der Waals surface area contributed by atoms with Crippen LogP contribution in [0.3, 0.4) is 0 Å². The first-order chi connectivity index (χ1) is 7.57. The van der Waals surface area contributed by atoms with Crippen LogP contribution >= 0.6 is 39.1 Å². The van der Waals surface area contributed by atoms with Crippen molar-refractivity contribution in [3.8, 4) is 5.75 Å². The molecule has 16 heavy (non-hydrogen) atoms. The zero-order valence-electron chi connectivity index (χ0n) is 7.89. The summed E-state index contributed by atoms with van der Waals surface area (Å²) in [5.74, 6) is -0.347. The molecule has 0 N–H and O–H groups in total. The Balaban J connectivity index is 3.05. The van der Waals surface area contributed by atoms with Crippen molar-refractivity contribution in [3.05, 3.63) is 26.8 Å². The van der Waals surface area contributed by atoms with Gasteiger partial charge in [0.1, 0.15) is 22.0 Å². The number of hydrogen-bond donors (Lipinski definition) is 0. The first kappa shape index (κ1) is 11.8. The van der Waals surface area contributed by atoms with Gasteiger partial charge in [-0.3, -0.25) is 0 Å². The summed E-state index contributed by atoms with van der Waals surface area (Å²) in [5.41, 5.74) is 0.0631. The molecule has 0 fully saturated rings. The third-order valence-corrected chi connectivity index (χ3v) is 3.64. The zero-order valence-corrected chi connectivity index (χ0v) is 11.0. The quantitative estimate of drug-likeness (QED) is 0.590. The van der Waals surface area contributed by atoms with Gasteiger partial charge in [0.15, 0.2) is 11.6 Å². The molecule has 2 aromatic rings. The summed E-state index contributed by atoms with van der Waals surface area (Å²) in [7, 11) is 1.41. The molecule has 0 saturated heterocycles. The average Bonchev–Trinajstić information content (AvgIpc) is 2.28. The van der Waals surface area contributed by atoms with Crippen LogP contribution in [0.25, 0.3) is 10.9 Å². The summed E-state index contributed by atoms with van der Waals surface area (Å²) in [5, 5.41) is 0.455. The van der Waals surface area contributed by atoms with E-state index in [0.29, 0.717) is 0 Å². The highest BCUT2D eigenvalue weighted by Crippen LogP contribution is 2.42. The van der Waals surface area contributed by atoms with Gasteiger partial charge in [-0.2, -0.15) is 0 Å². The Morgan fingerprint density at radius 3 is 2.69 bits per heavy atom. The molecule has 0 unspecified atom stereocenters. The Morgan fingerprint density at radius 2 is 2.06 bits per heavy atom. The number of rotatable bonds is 1. The molecule has 0 radical (unpaired) electrons. The molecule has 0 spiro atoms. The third-order valence-electron chi connectivity index (χ3n) is 2.02. The van der Waals surface area contributed by atoms with Crippen molar-refractivity contribution in [3.63, 3.8) is 0 Å². The standard InChI is InChI=1S/C9H4BrCl2FN2O/c1-16-8-3-7(14-2-15-9(3)12)6(13)4(10)5(8)11/h2H,1H3. The van der Waals surface area contributed by atoms with Crippen molar-refractivity contribution >= 4 is 50.0 Å². The summed E-state index contributed by atoms with van der Waals surface area (Å²) in [6.45, 7) is 0. The third kappa shape index (κ3) is 1.63. The number of hydrogen-bond acceptors (Lipinski definition) is 3. The van der Waals surface area contributed by atoms with E-state index >= 15 is 0 Å². The largest absolute Gasteiger partial charge is 0.494 e. The van der Waals surface area contributed by atoms with Crippen molar-refractivity contribution in [2.24, 2.45) is 0 Å². The van der Waals surface area contributed by atoms with Crippen LogP contribution in [0.2, 0.25) is 10.2 Å². The van der Waals surface area contributed by atoms with Crippen LogP contribution in [0.1, 0.15) is 0 Å². The molecule has 84 valence electrons. The zero-order chi connectivity index (χ0) is 11.9. The van der Waals surface area contributed by atoms with Crippen molar-refractivity contribution in [1.29, 1.82) is 0 Å². The molecule has 0 aliphatic carbocycles. The van der Waals surface area contributed by atoms with Crippen LogP contribution in [0.5, 0.6) is 5.75 Å². The van der Waals surface area contributed by atoms with Crippen molar-refractivity contribution in [2.75, 3.05) is 7.11 Å². The molecule has 3 nitrogen and oxygen atoms in total. The molecule has 1 aromatic heterocycles. The predicted molar refractivity (Wildman–Crippen MR) is 63.8 cm³/mol. The normalized spacial score (nSPS) is 10.8. The van der Waals surface area contributed by atoms with Crippen LogP contribution < -0.4 is 4.74 Å². The molecule has 0 aliphatic rings. The summed E-state index contributed by atoms with van der Waals surface area (Å²) in [6.07, 6.45) is 1.17. The molecule has 0 bridgehead atoms. The lowest BCUT2D eigenvalue weighted by atomic mass is 10.2. The molecule has 0 saturated carbocycles. The summed E-state index contributed by atoms with van der Waals surface area (Å²) >= 11 is 14.8. The molecule has 7 heteroatoms. The van der Waals surface area contributed by atoms with Gasteiger partial charge in [0.25, 0.3) is 0 Å². The predicted octanol–water partition coefficient (Wildman–Crippen LogP) is 3.85. The average molecular weight is 326 g/mol. The topological polar surface area (TPSA) is 35.0 Å². The van der Waals surface area contributed by atoms with E-state index in [1.54, 1.807) is 0 Å². The SMILES string of the molecule is COc1c(Cl)c(Br)c(F)c2ncnc(Cl)c12. The fourth-order valence-corrected chi connectivity index (χ4v) is 2.17. The lowest BCUT2D eigenvalue weighted by Crippen LogP contribution is -1.95. The maximum absolute atomic E-state index is 13.8. The van der Waals surface area contributed by atoms with Gasteiger partial charge in [0.2, 0.25) is 0 Å². The molecule has 0 atom stereocenters. The Labute approximate surface area is 109 Å². The van der Waals surface area contributed by atoms with Gasteiger partial charge in [0.05, 0.1) is 17.0 Å². The van der Waals surface area contributed by atoms with E-state index < -0.39 is 5.82 Å². The van der Waals surface area contributed by atoms with Crippen molar-refractivity contribution < 1.29 is 9.13 Å². The summed E-state index contributed by atoms with van der Waals surface area (Å²) < 4.78 is 19.0. The Hall–Kier alpha value is -0.650. The highest BCUT2D eigenvalue weighted by Gasteiger charge is 2.20. The van der Waals surface area contributed by atoms with E-state index in [9.17, 15) is 4.39 Å². The van der Waals surface area contributed by atoms with E-state index in [4.69, 9.17) is 27.9 Å². The van der Waals surface area contributed by atoms with E-state index in [0.717, 1.165) is 0 Å². The summed E-state index contributed by atoms with van der Waals surface area (Å²) in [4.78, 5) is 7.57. The van der Waals surface area contributed by atoms with Crippen LogP contribution in [-0.4, -0.2) is 17.1 Å². The fourth-order valence-electron chi connectivity index (χ4n) is 1.33. The molecule has 1 heterocycles. The van der Waals surface area contributed by atoms with Gasteiger partial charge in [-0.1, -0.05) is 23.2 Å². The van der Waals surface area contributed by atoms with Crippen LogP contribution in [-0.2, 0) is 0 Å². The Kier molecular flexibility index (Phi) is 3.19. The maximum atomic E-state index is 13.8. The van der Waals surface area contributed by atoms with Crippen molar-refractivity contribution in [1.82, 2.24) is 9.97 Å².